The first-order valence-corrected chi connectivity index (χ1v) is 10.5. The largest absolute Gasteiger partial charge is 0.460 e. The molecule has 1 unspecified atom stereocenters. The van der Waals surface area contributed by atoms with Gasteiger partial charge in [-0.25, -0.2) is 9.18 Å². The van der Waals surface area contributed by atoms with Crippen molar-refractivity contribution in [1.29, 1.82) is 0 Å². The van der Waals surface area contributed by atoms with Crippen LogP contribution >= 0.6 is 0 Å². The minimum atomic E-state index is -0.640. The van der Waals surface area contributed by atoms with Crippen LogP contribution in [0.3, 0.4) is 0 Å². The molecule has 2 fully saturated rings. The van der Waals surface area contributed by atoms with Crippen LogP contribution < -0.4 is 10.2 Å². The number of benzene rings is 2. The fraction of sp³-hybridized carbons (Fsp3) is 0.417. The van der Waals surface area contributed by atoms with E-state index in [1.807, 2.05) is 56.0 Å². The van der Waals surface area contributed by atoms with E-state index in [1.54, 1.807) is 12.1 Å². The van der Waals surface area contributed by atoms with Crippen molar-refractivity contribution in [2.75, 3.05) is 23.3 Å². The number of carbonyl (C=O) groups is 2. The van der Waals surface area contributed by atoms with Crippen LogP contribution in [0.15, 0.2) is 48.5 Å². The number of carbonyl (C=O) groups excluding carboxylic acids is 2. The average molecular weight is 426 g/mol. The monoisotopic (exact) mass is 426 g/mol. The first-order chi connectivity index (χ1) is 14.7. The third-order valence-electron chi connectivity index (χ3n) is 5.62. The average Bonchev–Trinajstić information content (AvgIpc) is 3.21. The molecule has 1 saturated carbocycles. The molecule has 0 radical (unpaired) electrons. The molecule has 164 valence electrons. The Labute approximate surface area is 181 Å². The van der Waals surface area contributed by atoms with Crippen LogP contribution in [0.4, 0.5) is 20.6 Å². The van der Waals surface area contributed by atoms with Gasteiger partial charge in [0.1, 0.15) is 18.0 Å². The number of rotatable bonds is 5. The predicted octanol–water partition coefficient (Wildman–Crippen LogP) is 4.60. The van der Waals surface area contributed by atoms with Gasteiger partial charge in [0, 0.05) is 18.8 Å². The minimum Gasteiger partial charge on any atom is -0.460 e. The van der Waals surface area contributed by atoms with Crippen molar-refractivity contribution in [3.05, 3.63) is 59.9 Å². The number of fused-ring (bicyclic) bond motifs is 1. The molecule has 4 rings (SSSR count). The lowest BCUT2D eigenvalue weighted by atomic mass is 10.2. The van der Waals surface area contributed by atoms with Crippen LogP contribution in [0.5, 0.6) is 0 Å². The van der Waals surface area contributed by atoms with E-state index in [0.29, 0.717) is 24.5 Å². The van der Waals surface area contributed by atoms with Crippen LogP contribution in [0.2, 0.25) is 0 Å². The molecule has 1 aliphatic heterocycles. The molecule has 2 aromatic carbocycles. The quantitative estimate of drug-likeness (QED) is 0.708. The van der Waals surface area contributed by atoms with Gasteiger partial charge in [-0.3, -0.25) is 10.1 Å². The molecule has 0 aromatic heterocycles. The Balaban J connectivity index is 1.29. The summed E-state index contributed by atoms with van der Waals surface area (Å²) in [6, 6.07) is 13.9. The molecule has 1 N–H and O–H groups in total. The van der Waals surface area contributed by atoms with Gasteiger partial charge in [0.05, 0.1) is 11.6 Å². The van der Waals surface area contributed by atoms with Gasteiger partial charge in [-0.15, -0.1) is 0 Å². The number of hydrogen-bond acceptors (Lipinski definition) is 5. The zero-order chi connectivity index (χ0) is 22.2. The molecule has 7 heteroatoms. The Bertz CT molecular complexity index is 961. The summed E-state index contributed by atoms with van der Waals surface area (Å²) >= 11 is 0. The summed E-state index contributed by atoms with van der Waals surface area (Å²) in [4.78, 5) is 26.2. The highest BCUT2D eigenvalue weighted by molar-refractivity contribution is 5.85. The van der Waals surface area contributed by atoms with Crippen molar-refractivity contribution < 1.29 is 23.5 Å². The van der Waals surface area contributed by atoms with Gasteiger partial charge in [-0.2, -0.15) is 0 Å². The SMILES string of the molecule is CC(C)(C)OC(=O)C1[C@H]2CN(c3ccc(NC(=O)OCc4ccccc4)cc3F)C[C@@H]12. The summed E-state index contributed by atoms with van der Waals surface area (Å²) in [6.07, 6.45) is -0.640. The Morgan fingerprint density at radius 1 is 1.10 bits per heavy atom. The zero-order valence-electron chi connectivity index (χ0n) is 17.9. The van der Waals surface area contributed by atoms with Gasteiger partial charge >= 0.3 is 12.1 Å². The van der Waals surface area contributed by atoms with E-state index in [2.05, 4.69) is 5.32 Å². The lowest BCUT2D eigenvalue weighted by Gasteiger charge is -2.24. The van der Waals surface area contributed by atoms with E-state index in [1.165, 1.54) is 6.07 Å². The van der Waals surface area contributed by atoms with E-state index in [4.69, 9.17) is 9.47 Å². The highest BCUT2D eigenvalue weighted by atomic mass is 19.1. The molecule has 1 aliphatic carbocycles. The summed E-state index contributed by atoms with van der Waals surface area (Å²) in [6.45, 7) is 6.96. The van der Waals surface area contributed by atoms with Crippen molar-refractivity contribution in [2.24, 2.45) is 17.8 Å². The van der Waals surface area contributed by atoms with Crippen LogP contribution in [-0.4, -0.2) is 30.8 Å². The van der Waals surface area contributed by atoms with Gasteiger partial charge in [-0.1, -0.05) is 30.3 Å². The molecule has 1 saturated heterocycles. The molecule has 6 nitrogen and oxygen atoms in total. The Morgan fingerprint density at radius 2 is 1.77 bits per heavy atom. The fourth-order valence-corrected chi connectivity index (χ4v) is 4.16. The standard InChI is InChI=1S/C24H27FN2O4/c1-24(2,3)31-22(28)21-17-12-27(13-18(17)21)20-10-9-16(11-19(20)25)26-23(29)30-14-15-7-5-4-6-8-15/h4-11,17-18,21H,12-14H2,1-3H3,(H,26,29)/t17-,18+,21?. The zero-order valence-corrected chi connectivity index (χ0v) is 17.9. The fourth-order valence-electron chi connectivity index (χ4n) is 4.16. The normalized spacial score (nSPS) is 21.9. The lowest BCUT2D eigenvalue weighted by molar-refractivity contribution is -0.157. The highest BCUT2D eigenvalue weighted by Crippen LogP contribution is 2.53. The molecule has 2 aliphatic rings. The van der Waals surface area contributed by atoms with Crippen LogP contribution in [0.1, 0.15) is 26.3 Å². The number of nitrogens with one attached hydrogen (secondary N) is 1. The summed E-state index contributed by atoms with van der Waals surface area (Å²) in [5, 5.41) is 2.55. The number of nitrogens with zero attached hydrogens (tertiary/aromatic N) is 1. The molecule has 2 aromatic rings. The van der Waals surface area contributed by atoms with Crippen molar-refractivity contribution in [2.45, 2.75) is 33.0 Å². The van der Waals surface area contributed by atoms with Crippen LogP contribution in [0, 0.1) is 23.6 Å². The Hall–Kier alpha value is -3.09. The summed E-state index contributed by atoms with van der Waals surface area (Å²) in [7, 11) is 0. The maximum Gasteiger partial charge on any atom is 0.411 e. The maximum absolute atomic E-state index is 14.7. The topological polar surface area (TPSA) is 67.9 Å². The van der Waals surface area contributed by atoms with Gasteiger partial charge < -0.3 is 14.4 Å². The van der Waals surface area contributed by atoms with Gasteiger partial charge in [0.15, 0.2) is 0 Å². The van der Waals surface area contributed by atoms with Gasteiger partial charge in [-0.05, 0) is 56.4 Å². The number of hydrogen-bond donors (Lipinski definition) is 1. The number of amides is 1. The smallest absolute Gasteiger partial charge is 0.411 e. The third kappa shape index (κ3) is 4.98. The summed E-state index contributed by atoms with van der Waals surface area (Å²) in [5.41, 5.74) is 1.18. The Morgan fingerprint density at radius 3 is 2.39 bits per heavy atom. The van der Waals surface area contributed by atoms with Crippen LogP contribution in [-0.2, 0) is 20.9 Å². The van der Waals surface area contributed by atoms with E-state index < -0.39 is 17.5 Å². The van der Waals surface area contributed by atoms with Gasteiger partial charge in [0.2, 0.25) is 0 Å². The first kappa shape index (κ1) is 21.2. The Kier molecular flexibility index (Phi) is 5.60. The summed E-state index contributed by atoms with van der Waals surface area (Å²) in [5.74, 6) is -0.244. The number of halogens is 1. The maximum atomic E-state index is 14.7. The molecular formula is C24H27FN2O4. The molecule has 31 heavy (non-hydrogen) atoms. The van der Waals surface area contributed by atoms with E-state index in [9.17, 15) is 14.0 Å². The minimum absolute atomic E-state index is 0.0844. The van der Waals surface area contributed by atoms with E-state index >= 15 is 0 Å². The highest BCUT2D eigenvalue weighted by Gasteiger charge is 2.61. The molecule has 1 amide bonds. The second kappa shape index (κ2) is 8.21. The molecule has 0 spiro atoms. The van der Waals surface area contributed by atoms with Crippen molar-refractivity contribution in [1.82, 2.24) is 0 Å². The molecular weight excluding hydrogens is 399 g/mol. The first-order valence-electron chi connectivity index (χ1n) is 10.5. The lowest BCUT2D eigenvalue weighted by Crippen LogP contribution is -2.30. The molecule has 1 heterocycles. The van der Waals surface area contributed by atoms with Crippen LogP contribution in [0.25, 0.3) is 0 Å². The predicted molar refractivity (Wildman–Crippen MR) is 115 cm³/mol. The number of ether oxygens (including phenoxy) is 2. The summed E-state index contributed by atoms with van der Waals surface area (Å²) < 4.78 is 25.3. The van der Waals surface area contributed by atoms with E-state index in [0.717, 1.165) is 5.56 Å². The number of esters is 1. The van der Waals surface area contributed by atoms with Crippen molar-refractivity contribution in [3.63, 3.8) is 0 Å². The van der Waals surface area contributed by atoms with Gasteiger partial charge in [0.25, 0.3) is 0 Å². The molecule has 3 atom stereocenters. The van der Waals surface area contributed by atoms with Crippen molar-refractivity contribution >= 4 is 23.4 Å². The number of piperidine rings is 1. The van der Waals surface area contributed by atoms with E-state index in [-0.39, 0.29) is 30.3 Å². The third-order valence-corrected chi connectivity index (χ3v) is 5.62. The molecule has 0 bridgehead atoms. The number of anilines is 2. The van der Waals surface area contributed by atoms with Crippen molar-refractivity contribution in [3.8, 4) is 0 Å². The second-order valence-electron chi connectivity index (χ2n) is 9.14. The second-order valence-corrected chi connectivity index (χ2v) is 9.14.